The smallest absolute Gasteiger partial charge is 0.414 e. The van der Waals surface area contributed by atoms with Crippen LogP contribution in [-0.4, -0.2) is 37.0 Å². The van der Waals surface area contributed by atoms with Crippen LogP contribution in [-0.2, 0) is 4.74 Å². The molecule has 0 spiro atoms. The molecule has 1 aromatic carbocycles. The van der Waals surface area contributed by atoms with Crippen LogP contribution in [0.25, 0.3) is 0 Å². The molecule has 2 N–H and O–H groups in total. The van der Waals surface area contributed by atoms with Gasteiger partial charge in [0.2, 0.25) is 0 Å². The molecular formula is C20H30N2O3. The molecule has 25 heavy (non-hydrogen) atoms. The number of nitrogens with zero attached hydrogens (tertiary/aromatic N) is 1. The number of anilines is 1. The summed E-state index contributed by atoms with van der Waals surface area (Å²) in [6.07, 6.45) is 7.04. The van der Waals surface area contributed by atoms with Crippen molar-refractivity contribution < 1.29 is 14.6 Å². The Bertz CT molecular complexity index is 555. The summed E-state index contributed by atoms with van der Waals surface area (Å²) in [5.41, 5.74) is 2.09. The summed E-state index contributed by atoms with van der Waals surface area (Å²) in [5, 5.41) is 13.2. The van der Waals surface area contributed by atoms with Crippen molar-refractivity contribution in [3.8, 4) is 0 Å². The van der Waals surface area contributed by atoms with Gasteiger partial charge in [0.05, 0.1) is 6.54 Å². The highest BCUT2D eigenvalue weighted by molar-refractivity contribution is 5.89. The van der Waals surface area contributed by atoms with E-state index < -0.39 is 0 Å². The fourth-order valence-corrected chi connectivity index (χ4v) is 4.12. The number of amides is 1. The standard InChI is InChI=1S/C20H30N2O3/c1-15(21-19(11-13-23)17-5-3-2-4-6-17)16-7-9-18(10-8-16)22-12-14-25-20(22)24/h7-10,15,17,19,21,23H,2-6,11-14H2,1H3. The van der Waals surface area contributed by atoms with Crippen molar-refractivity contribution in [3.05, 3.63) is 29.8 Å². The second-order valence-electron chi connectivity index (χ2n) is 7.26. The van der Waals surface area contributed by atoms with Crippen LogP contribution < -0.4 is 10.2 Å². The van der Waals surface area contributed by atoms with E-state index in [1.165, 1.54) is 37.7 Å². The second kappa shape index (κ2) is 8.68. The monoisotopic (exact) mass is 346 g/mol. The van der Waals surface area contributed by atoms with E-state index in [1.54, 1.807) is 4.90 Å². The Morgan fingerprint density at radius 3 is 2.56 bits per heavy atom. The minimum Gasteiger partial charge on any atom is -0.447 e. The van der Waals surface area contributed by atoms with Crippen molar-refractivity contribution >= 4 is 11.8 Å². The molecule has 1 saturated carbocycles. The van der Waals surface area contributed by atoms with Crippen molar-refractivity contribution in [2.24, 2.45) is 5.92 Å². The lowest BCUT2D eigenvalue weighted by Gasteiger charge is -2.33. The molecule has 1 heterocycles. The van der Waals surface area contributed by atoms with Gasteiger partial charge in [-0.25, -0.2) is 4.79 Å². The van der Waals surface area contributed by atoms with Gasteiger partial charge in [0, 0.05) is 24.4 Å². The molecular weight excluding hydrogens is 316 g/mol. The first-order valence-electron chi connectivity index (χ1n) is 9.60. The zero-order valence-electron chi connectivity index (χ0n) is 15.1. The van der Waals surface area contributed by atoms with Gasteiger partial charge in [-0.1, -0.05) is 31.4 Å². The first-order valence-corrected chi connectivity index (χ1v) is 9.60. The molecule has 0 radical (unpaired) electrons. The first kappa shape index (κ1) is 18.2. The lowest BCUT2D eigenvalue weighted by atomic mass is 9.82. The number of ether oxygens (including phenoxy) is 1. The lowest BCUT2D eigenvalue weighted by molar-refractivity contribution is 0.181. The van der Waals surface area contributed by atoms with E-state index in [4.69, 9.17) is 4.74 Å². The Morgan fingerprint density at radius 2 is 1.96 bits per heavy atom. The molecule has 1 amide bonds. The summed E-state index contributed by atoms with van der Waals surface area (Å²) in [5.74, 6) is 0.669. The summed E-state index contributed by atoms with van der Waals surface area (Å²) in [6.45, 7) is 3.48. The normalized spacial score (nSPS) is 21.2. The van der Waals surface area contributed by atoms with E-state index in [0.29, 0.717) is 25.1 Å². The molecule has 1 aromatic rings. The molecule has 2 unspecified atom stereocenters. The lowest BCUT2D eigenvalue weighted by Crippen LogP contribution is -2.39. The fourth-order valence-electron chi connectivity index (χ4n) is 4.12. The van der Waals surface area contributed by atoms with Crippen molar-refractivity contribution in [1.82, 2.24) is 5.32 Å². The molecule has 0 bridgehead atoms. The predicted octanol–water partition coefficient (Wildman–Crippen LogP) is 3.63. The van der Waals surface area contributed by atoms with Gasteiger partial charge >= 0.3 is 6.09 Å². The summed E-state index contributed by atoms with van der Waals surface area (Å²) < 4.78 is 5.00. The van der Waals surface area contributed by atoms with Crippen LogP contribution in [0.5, 0.6) is 0 Å². The van der Waals surface area contributed by atoms with Crippen LogP contribution in [0.15, 0.2) is 24.3 Å². The molecule has 5 nitrogen and oxygen atoms in total. The number of carbonyl (C=O) groups excluding carboxylic acids is 1. The van der Waals surface area contributed by atoms with Gasteiger partial charge in [0.25, 0.3) is 0 Å². The molecule has 3 rings (SSSR count). The quantitative estimate of drug-likeness (QED) is 0.791. The van der Waals surface area contributed by atoms with Crippen molar-refractivity contribution in [2.45, 2.75) is 57.5 Å². The number of rotatable bonds is 7. The van der Waals surface area contributed by atoms with E-state index in [1.807, 2.05) is 12.1 Å². The molecule has 138 valence electrons. The maximum Gasteiger partial charge on any atom is 0.414 e. The second-order valence-corrected chi connectivity index (χ2v) is 7.26. The number of carbonyl (C=O) groups is 1. The molecule has 5 heteroatoms. The average molecular weight is 346 g/mol. The van der Waals surface area contributed by atoms with Gasteiger partial charge in [0.1, 0.15) is 6.61 Å². The molecule has 0 aromatic heterocycles. The Labute approximate surface area is 150 Å². The summed E-state index contributed by atoms with van der Waals surface area (Å²) in [6, 6.07) is 8.72. The molecule has 1 aliphatic heterocycles. The molecule has 1 saturated heterocycles. The van der Waals surface area contributed by atoms with Crippen LogP contribution in [0, 0.1) is 5.92 Å². The van der Waals surface area contributed by atoms with E-state index in [0.717, 1.165) is 12.1 Å². The van der Waals surface area contributed by atoms with E-state index in [9.17, 15) is 9.90 Å². The molecule has 2 fully saturated rings. The fraction of sp³-hybridized carbons (Fsp3) is 0.650. The maximum absolute atomic E-state index is 11.7. The summed E-state index contributed by atoms with van der Waals surface area (Å²) in [4.78, 5) is 13.3. The van der Waals surface area contributed by atoms with E-state index in [2.05, 4.69) is 24.4 Å². The third-order valence-electron chi connectivity index (χ3n) is 5.59. The first-order chi connectivity index (χ1) is 12.2. The Kier molecular flexibility index (Phi) is 6.32. The van der Waals surface area contributed by atoms with Crippen LogP contribution in [0.4, 0.5) is 10.5 Å². The van der Waals surface area contributed by atoms with Gasteiger partial charge in [0.15, 0.2) is 0 Å². The highest BCUT2D eigenvalue weighted by Gasteiger charge is 2.26. The van der Waals surface area contributed by atoms with Crippen LogP contribution in [0.3, 0.4) is 0 Å². The predicted molar refractivity (Wildman–Crippen MR) is 98.8 cm³/mol. The van der Waals surface area contributed by atoms with E-state index >= 15 is 0 Å². The van der Waals surface area contributed by atoms with Gasteiger partial charge in [-0.15, -0.1) is 0 Å². The Morgan fingerprint density at radius 1 is 1.24 bits per heavy atom. The van der Waals surface area contributed by atoms with Gasteiger partial charge in [-0.2, -0.15) is 0 Å². The number of hydrogen-bond acceptors (Lipinski definition) is 4. The minimum atomic E-state index is -0.265. The maximum atomic E-state index is 11.7. The van der Waals surface area contributed by atoms with Crippen molar-refractivity contribution in [2.75, 3.05) is 24.7 Å². The van der Waals surface area contributed by atoms with Crippen LogP contribution >= 0.6 is 0 Å². The van der Waals surface area contributed by atoms with Crippen LogP contribution in [0.1, 0.15) is 57.1 Å². The highest BCUT2D eigenvalue weighted by atomic mass is 16.6. The largest absolute Gasteiger partial charge is 0.447 e. The third kappa shape index (κ3) is 4.53. The Balaban J connectivity index is 1.62. The zero-order valence-corrected chi connectivity index (χ0v) is 15.1. The molecule has 2 aliphatic rings. The van der Waals surface area contributed by atoms with Gasteiger partial charge in [-0.3, -0.25) is 4.90 Å². The molecule has 1 aliphatic carbocycles. The number of nitrogens with one attached hydrogen (secondary N) is 1. The zero-order chi connectivity index (χ0) is 17.6. The number of aliphatic hydroxyl groups excluding tert-OH is 1. The number of aliphatic hydroxyl groups is 1. The van der Waals surface area contributed by atoms with E-state index in [-0.39, 0.29) is 18.7 Å². The topological polar surface area (TPSA) is 61.8 Å². The number of hydrogen-bond donors (Lipinski definition) is 2. The number of cyclic esters (lactones) is 1. The van der Waals surface area contributed by atoms with Crippen LogP contribution in [0.2, 0.25) is 0 Å². The molecule has 2 atom stereocenters. The summed E-state index contributed by atoms with van der Waals surface area (Å²) in [7, 11) is 0. The van der Waals surface area contributed by atoms with Crippen molar-refractivity contribution in [3.63, 3.8) is 0 Å². The van der Waals surface area contributed by atoms with Gasteiger partial charge in [-0.05, 0) is 49.8 Å². The van der Waals surface area contributed by atoms with Gasteiger partial charge < -0.3 is 15.2 Å². The van der Waals surface area contributed by atoms with Crippen molar-refractivity contribution in [1.29, 1.82) is 0 Å². The Hall–Kier alpha value is -1.59. The number of benzene rings is 1. The third-order valence-corrected chi connectivity index (χ3v) is 5.59. The minimum absolute atomic E-state index is 0.220. The average Bonchev–Trinajstić information content (AvgIpc) is 3.08. The summed E-state index contributed by atoms with van der Waals surface area (Å²) >= 11 is 0. The SMILES string of the molecule is CC(NC(CCO)C1CCCCC1)c1ccc(N2CCOC2=O)cc1. The highest BCUT2D eigenvalue weighted by Crippen LogP contribution is 2.29.